The third kappa shape index (κ3) is 3.13. The summed E-state index contributed by atoms with van der Waals surface area (Å²) >= 11 is 0. The topological polar surface area (TPSA) is 67.8 Å². The Hall–Kier alpha value is -1.85. The highest BCUT2D eigenvalue weighted by Gasteiger charge is 2.19. The van der Waals surface area contributed by atoms with Crippen molar-refractivity contribution in [3.8, 4) is 5.75 Å². The largest absolute Gasteiger partial charge is 0.488 e. The van der Waals surface area contributed by atoms with E-state index in [0.29, 0.717) is 12.5 Å². The minimum absolute atomic E-state index is 0.0242. The Bertz CT molecular complexity index is 465. The average molecular weight is 270 g/mol. The molecule has 0 unspecified atom stereocenters. The Kier molecular flexibility index (Phi) is 4.19. The number of nitrogens with zero attached hydrogens (tertiary/aromatic N) is 1. The highest BCUT2D eigenvalue weighted by atomic mass is 19.1. The molecule has 0 amide bonds. The van der Waals surface area contributed by atoms with Gasteiger partial charge in [-0.15, -0.1) is 0 Å². The van der Waals surface area contributed by atoms with Crippen molar-refractivity contribution in [2.24, 2.45) is 16.8 Å². The maximum atomic E-state index is 13.7. The van der Waals surface area contributed by atoms with Crippen LogP contribution in [-0.4, -0.2) is 17.6 Å². The number of benzene rings is 1. The second-order valence-corrected chi connectivity index (χ2v) is 4.69. The summed E-state index contributed by atoms with van der Waals surface area (Å²) in [5.74, 6) is -1.85. The maximum absolute atomic E-state index is 13.7. The van der Waals surface area contributed by atoms with Gasteiger partial charge < -0.3 is 15.7 Å². The van der Waals surface area contributed by atoms with E-state index in [-0.39, 0.29) is 11.4 Å². The molecule has 6 heteroatoms. The number of amidine groups is 1. The van der Waals surface area contributed by atoms with Gasteiger partial charge in [-0.05, 0) is 24.5 Å². The molecule has 4 nitrogen and oxygen atoms in total. The monoisotopic (exact) mass is 270 g/mol. The van der Waals surface area contributed by atoms with Crippen LogP contribution in [-0.2, 0) is 0 Å². The van der Waals surface area contributed by atoms with Crippen molar-refractivity contribution in [2.45, 2.75) is 25.7 Å². The Balaban J connectivity index is 2.03. The first-order valence-corrected chi connectivity index (χ1v) is 6.21. The molecule has 1 aromatic rings. The lowest BCUT2D eigenvalue weighted by Crippen LogP contribution is -2.16. The van der Waals surface area contributed by atoms with Crippen molar-refractivity contribution in [1.82, 2.24) is 0 Å². The molecule has 0 radical (unpaired) electrons. The van der Waals surface area contributed by atoms with Gasteiger partial charge in [0.25, 0.3) is 0 Å². The van der Waals surface area contributed by atoms with E-state index < -0.39 is 17.4 Å². The molecule has 1 aliphatic carbocycles. The van der Waals surface area contributed by atoms with Gasteiger partial charge in [0.2, 0.25) is 0 Å². The second-order valence-electron chi connectivity index (χ2n) is 4.69. The molecular weight excluding hydrogens is 254 g/mol. The molecule has 19 heavy (non-hydrogen) atoms. The van der Waals surface area contributed by atoms with E-state index >= 15 is 0 Å². The van der Waals surface area contributed by atoms with E-state index in [1.165, 1.54) is 6.42 Å². The van der Waals surface area contributed by atoms with Crippen LogP contribution >= 0.6 is 0 Å². The molecule has 0 heterocycles. The molecule has 104 valence electrons. The summed E-state index contributed by atoms with van der Waals surface area (Å²) in [6, 6.07) is 1.97. The summed E-state index contributed by atoms with van der Waals surface area (Å²) in [7, 11) is 0. The SMILES string of the molecule is N/C(=N/O)c1cc(F)c(OCCC2CCC2)c(F)c1. The Morgan fingerprint density at radius 2 is 2.00 bits per heavy atom. The van der Waals surface area contributed by atoms with Crippen LogP contribution in [0.4, 0.5) is 8.78 Å². The summed E-state index contributed by atoms with van der Waals surface area (Å²) in [5, 5.41) is 11.2. The van der Waals surface area contributed by atoms with Crippen LogP contribution in [0.25, 0.3) is 0 Å². The fourth-order valence-corrected chi connectivity index (χ4v) is 2.01. The summed E-state index contributed by atoms with van der Waals surface area (Å²) in [6.45, 7) is 0.293. The third-order valence-corrected chi connectivity index (χ3v) is 3.40. The Morgan fingerprint density at radius 1 is 1.37 bits per heavy atom. The zero-order valence-electron chi connectivity index (χ0n) is 10.4. The highest BCUT2D eigenvalue weighted by Crippen LogP contribution is 2.30. The van der Waals surface area contributed by atoms with Crippen LogP contribution < -0.4 is 10.5 Å². The third-order valence-electron chi connectivity index (χ3n) is 3.40. The van der Waals surface area contributed by atoms with E-state index in [2.05, 4.69) is 5.16 Å². The minimum atomic E-state index is -0.852. The number of oxime groups is 1. The van der Waals surface area contributed by atoms with Crippen molar-refractivity contribution in [3.05, 3.63) is 29.3 Å². The molecule has 0 aliphatic heterocycles. The summed E-state index contributed by atoms with van der Waals surface area (Å²) < 4.78 is 32.5. The average Bonchev–Trinajstić information content (AvgIpc) is 2.33. The van der Waals surface area contributed by atoms with Crippen molar-refractivity contribution in [1.29, 1.82) is 0 Å². The van der Waals surface area contributed by atoms with Crippen molar-refractivity contribution in [3.63, 3.8) is 0 Å². The van der Waals surface area contributed by atoms with Gasteiger partial charge in [-0.3, -0.25) is 0 Å². The summed E-state index contributed by atoms with van der Waals surface area (Å²) in [5.41, 5.74) is 5.25. The van der Waals surface area contributed by atoms with Crippen molar-refractivity contribution in [2.75, 3.05) is 6.61 Å². The first-order chi connectivity index (χ1) is 9.11. The molecular formula is C13H16F2N2O2. The van der Waals surface area contributed by atoms with E-state index in [0.717, 1.165) is 31.4 Å². The molecule has 1 aromatic carbocycles. The van der Waals surface area contributed by atoms with Gasteiger partial charge in [0.1, 0.15) is 0 Å². The zero-order valence-corrected chi connectivity index (χ0v) is 10.4. The Morgan fingerprint density at radius 3 is 2.47 bits per heavy atom. The fourth-order valence-electron chi connectivity index (χ4n) is 2.01. The first-order valence-electron chi connectivity index (χ1n) is 6.21. The van der Waals surface area contributed by atoms with Gasteiger partial charge in [-0.1, -0.05) is 24.4 Å². The van der Waals surface area contributed by atoms with Gasteiger partial charge in [-0.2, -0.15) is 0 Å². The molecule has 1 aliphatic rings. The van der Waals surface area contributed by atoms with Crippen LogP contribution in [0.2, 0.25) is 0 Å². The molecule has 1 saturated carbocycles. The number of nitrogens with two attached hydrogens (primary N) is 1. The summed E-state index contributed by atoms with van der Waals surface area (Å²) in [4.78, 5) is 0. The standard InChI is InChI=1S/C13H16F2N2O2/c14-10-6-9(13(16)17-18)7-11(15)12(10)19-5-4-8-2-1-3-8/h6-8,18H,1-5H2,(H2,16,17). The summed E-state index contributed by atoms with van der Waals surface area (Å²) in [6.07, 6.45) is 4.36. The lowest BCUT2D eigenvalue weighted by atomic mass is 9.83. The molecule has 0 spiro atoms. The van der Waals surface area contributed by atoms with Gasteiger partial charge in [-0.25, -0.2) is 8.78 Å². The van der Waals surface area contributed by atoms with Crippen LogP contribution in [0.1, 0.15) is 31.2 Å². The lowest BCUT2D eigenvalue weighted by molar-refractivity contribution is 0.211. The van der Waals surface area contributed by atoms with E-state index in [1.54, 1.807) is 0 Å². The smallest absolute Gasteiger partial charge is 0.190 e. The predicted octanol–water partition coefficient (Wildman–Crippen LogP) is 2.63. The Labute approximate surface area is 109 Å². The number of hydrogen-bond acceptors (Lipinski definition) is 3. The van der Waals surface area contributed by atoms with Gasteiger partial charge >= 0.3 is 0 Å². The first kappa shape index (κ1) is 13.6. The normalized spacial score (nSPS) is 16.2. The number of ether oxygens (including phenoxy) is 1. The van der Waals surface area contributed by atoms with Crippen molar-refractivity contribution < 1.29 is 18.7 Å². The quantitative estimate of drug-likeness (QED) is 0.374. The predicted molar refractivity (Wildman–Crippen MR) is 66.3 cm³/mol. The fraction of sp³-hybridized carbons (Fsp3) is 0.462. The molecule has 0 saturated heterocycles. The van der Waals surface area contributed by atoms with Gasteiger partial charge in [0, 0.05) is 5.56 Å². The van der Waals surface area contributed by atoms with Gasteiger partial charge in [0.05, 0.1) is 6.61 Å². The van der Waals surface area contributed by atoms with Crippen LogP contribution in [0.5, 0.6) is 5.75 Å². The molecule has 0 aromatic heterocycles. The highest BCUT2D eigenvalue weighted by molar-refractivity contribution is 5.97. The number of halogens is 2. The van der Waals surface area contributed by atoms with Crippen LogP contribution in [0.15, 0.2) is 17.3 Å². The van der Waals surface area contributed by atoms with Crippen LogP contribution in [0, 0.1) is 17.6 Å². The zero-order chi connectivity index (χ0) is 13.8. The maximum Gasteiger partial charge on any atom is 0.190 e. The van der Waals surface area contributed by atoms with E-state index in [9.17, 15) is 8.78 Å². The minimum Gasteiger partial charge on any atom is -0.488 e. The van der Waals surface area contributed by atoms with E-state index in [1.807, 2.05) is 0 Å². The molecule has 1 fully saturated rings. The number of rotatable bonds is 5. The molecule has 0 bridgehead atoms. The van der Waals surface area contributed by atoms with Gasteiger partial charge in [0.15, 0.2) is 23.2 Å². The number of hydrogen-bond donors (Lipinski definition) is 2. The van der Waals surface area contributed by atoms with Crippen LogP contribution in [0.3, 0.4) is 0 Å². The van der Waals surface area contributed by atoms with E-state index in [4.69, 9.17) is 15.7 Å². The molecule has 3 N–H and O–H groups in total. The molecule has 2 rings (SSSR count). The lowest BCUT2D eigenvalue weighted by Gasteiger charge is -2.25. The van der Waals surface area contributed by atoms with Crippen molar-refractivity contribution >= 4 is 5.84 Å². The second kappa shape index (κ2) is 5.86. The molecule has 0 atom stereocenters.